The number of rotatable bonds is 8. The lowest BCUT2D eigenvalue weighted by atomic mass is 9.99. The highest BCUT2D eigenvalue weighted by atomic mass is 16.8. The average Bonchev–Trinajstić information content (AvgIpc) is 3.64. The molecule has 0 bridgehead atoms. The van der Waals surface area contributed by atoms with Crippen molar-refractivity contribution in [1.29, 1.82) is 0 Å². The van der Waals surface area contributed by atoms with Crippen LogP contribution in [0.5, 0.6) is 0 Å². The fraction of sp³-hybridized carbons (Fsp3) is 1.00. The zero-order chi connectivity index (χ0) is 21.9. The lowest BCUT2D eigenvalue weighted by molar-refractivity contribution is -0.385. The molecule has 0 radical (unpaired) electrons. The van der Waals surface area contributed by atoms with Gasteiger partial charge in [-0.25, -0.2) is 0 Å². The minimum absolute atomic E-state index is 0.105. The monoisotopic (exact) mass is 442 g/mol. The molecule has 7 N–H and O–H groups in total. The second kappa shape index (κ2) is 10.4. The molecular formula is C17H30O13. The first-order valence-electron chi connectivity index (χ1n) is 9.73. The average molecular weight is 442 g/mol. The van der Waals surface area contributed by atoms with Crippen molar-refractivity contribution in [3.05, 3.63) is 0 Å². The lowest BCUT2D eigenvalue weighted by Crippen LogP contribution is -2.62. The molecule has 0 aromatic heterocycles. The molecule has 0 amide bonds. The SMILES string of the molecule is C1CO1.OC[C@H]1O[C@@](COCC2CO2)(O[C@H]2O[C@H](CO)[C@@H](O)[C@H](O)[C@H]2O)[C@@H](O)[C@@H]1O. The highest BCUT2D eigenvalue weighted by molar-refractivity contribution is 4.99. The fourth-order valence-electron chi connectivity index (χ4n) is 3.11. The molecule has 4 saturated heterocycles. The summed E-state index contributed by atoms with van der Waals surface area (Å²) < 4.78 is 31.2. The molecule has 4 aliphatic rings. The Bertz CT molecular complexity index is 527. The Morgan fingerprint density at radius 1 is 0.867 bits per heavy atom. The van der Waals surface area contributed by atoms with Gasteiger partial charge in [0.25, 0.3) is 0 Å². The van der Waals surface area contributed by atoms with Gasteiger partial charge in [-0.05, 0) is 0 Å². The number of ether oxygens (including phenoxy) is 6. The molecular weight excluding hydrogens is 412 g/mol. The van der Waals surface area contributed by atoms with E-state index in [9.17, 15) is 35.7 Å². The summed E-state index contributed by atoms with van der Waals surface area (Å²) >= 11 is 0. The minimum atomic E-state index is -2.03. The van der Waals surface area contributed by atoms with Crippen molar-refractivity contribution in [2.75, 3.05) is 46.2 Å². The van der Waals surface area contributed by atoms with E-state index in [1.54, 1.807) is 0 Å². The van der Waals surface area contributed by atoms with Crippen molar-refractivity contribution in [2.24, 2.45) is 0 Å². The number of epoxide rings is 2. The standard InChI is InChI=1S/C15H26O12.C2H4O/c16-1-7-9(18)11(20)12(21)14(25-7)27-15(5-23-3-6-4-24-6)13(22)10(19)8(2-17)26-15;1-2-3-1/h6-14,16-22H,1-5H2;1-2H2/t6?,7-,8-,9-,10-,11+,12-,13+,14-,15+;/m1./s1. The quantitative estimate of drug-likeness (QED) is 0.176. The first-order chi connectivity index (χ1) is 14.3. The van der Waals surface area contributed by atoms with E-state index >= 15 is 0 Å². The van der Waals surface area contributed by atoms with Crippen molar-refractivity contribution in [1.82, 2.24) is 0 Å². The molecule has 13 heteroatoms. The van der Waals surface area contributed by atoms with Crippen LogP contribution in [0.3, 0.4) is 0 Å². The Hall–Kier alpha value is -0.520. The second-order valence-corrected chi connectivity index (χ2v) is 7.48. The van der Waals surface area contributed by atoms with Gasteiger partial charge < -0.3 is 64.2 Å². The van der Waals surface area contributed by atoms with E-state index in [-0.39, 0.29) is 12.7 Å². The van der Waals surface area contributed by atoms with Crippen molar-refractivity contribution in [3.8, 4) is 0 Å². The zero-order valence-electron chi connectivity index (χ0n) is 16.2. The molecule has 13 nitrogen and oxygen atoms in total. The predicted octanol–water partition coefficient (Wildman–Crippen LogP) is -4.96. The van der Waals surface area contributed by atoms with E-state index in [0.29, 0.717) is 6.61 Å². The van der Waals surface area contributed by atoms with E-state index in [4.69, 9.17) is 23.7 Å². The Kier molecular flexibility index (Phi) is 8.36. The summed E-state index contributed by atoms with van der Waals surface area (Å²) in [4.78, 5) is 0. The van der Waals surface area contributed by atoms with Crippen LogP contribution < -0.4 is 0 Å². The lowest BCUT2D eigenvalue weighted by Gasteiger charge is -2.43. The van der Waals surface area contributed by atoms with Crippen LogP contribution in [0, 0.1) is 0 Å². The van der Waals surface area contributed by atoms with Gasteiger partial charge >= 0.3 is 0 Å². The van der Waals surface area contributed by atoms with E-state index in [2.05, 4.69) is 4.74 Å². The summed E-state index contributed by atoms with van der Waals surface area (Å²) in [6, 6.07) is 0. The topological polar surface area (TPSA) is 204 Å². The van der Waals surface area contributed by atoms with Crippen LogP contribution in [-0.2, 0) is 28.4 Å². The Morgan fingerprint density at radius 2 is 1.50 bits per heavy atom. The van der Waals surface area contributed by atoms with E-state index in [1.165, 1.54) is 0 Å². The van der Waals surface area contributed by atoms with Gasteiger partial charge in [0.1, 0.15) is 55.4 Å². The van der Waals surface area contributed by atoms with Crippen LogP contribution >= 0.6 is 0 Å². The molecule has 4 heterocycles. The van der Waals surface area contributed by atoms with Crippen molar-refractivity contribution >= 4 is 0 Å². The maximum absolute atomic E-state index is 10.4. The van der Waals surface area contributed by atoms with Crippen LogP contribution in [0.2, 0.25) is 0 Å². The molecule has 4 rings (SSSR count). The largest absolute Gasteiger partial charge is 0.394 e. The number of hydrogen-bond acceptors (Lipinski definition) is 13. The summed E-state index contributed by atoms with van der Waals surface area (Å²) in [5, 5.41) is 69.0. The van der Waals surface area contributed by atoms with Gasteiger partial charge in [-0.1, -0.05) is 0 Å². The molecule has 30 heavy (non-hydrogen) atoms. The third-order valence-corrected chi connectivity index (χ3v) is 5.06. The molecule has 0 aromatic carbocycles. The highest BCUT2D eigenvalue weighted by Gasteiger charge is 2.58. The van der Waals surface area contributed by atoms with Gasteiger partial charge in [0.05, 0.1) is 39.6 Å². The van der Waals surface area contributed by atoms with Crippen LogP contribution in [0.1, 0.15) is 0 Å². The summed E-state index contributed by atoms with van der Waals surface area (Å²) in [5.41, 5.74) is 0. The maximum Gasteiger partial charge on any atom is 0.224 e. The van der Waals surface area contributed by atoms with Crippen LogP contribution in [0.4, 0.5) is 0 Å². The first kappa shape index (κ1) is 24.1. The summed E-state index contributed by atoms with van der Waals surface area (Å²) in [6.45, 7) is 0.987. The minimum Gasteiger partial charge on any atom is -0.394 e. The molecule has 10 atom stereocenters. The van der Waals surface area contributed by atoms with Gasteiger partial charge in [-0.2, -0.15) is 0 Å². The molecule has 0 aromatic rings. The summed E-state index contributed by atoms with van der Waals surface area (Å²) in [6.07, 6.45) is -12.4. The van der Waals surface area contributed by atoms with Crippen molar-refractivity contribution in [3.63, 3.8) is 0 Å². The van der Waals surface area contributed by atoms with Crippen LogP contribution in [-0.4, -0.2) is 143 Å². The fourth-order valence-corrected chi connectivity index (χ4v) is 3.11. The van der Waals surface area contributed by atoms with Gasteiger partial charge in [0.15, 0.2) is 6.29 Å². The van der Waals surface area contributed by atoms with Crippen molar-refractivity contribution < 1.29 is 64.2 Å². The Morgan fingerprint density at radius 3 is 2.00 bits per heavy atom. The zero-order valence-corrected chi connectivity index (χ0v) is 16.2. The van der Waals surface area contributed by atoms with Gasteiger partial charge in [0, 0.05) is 0 Å². The highest BCUT2D eigenvalue weighted by Crippen LogP contribution is 2.36. The predicted molar refractivity (Wildman–Crippen MR) is 92.9 cm³/mol. The third kappa shape index (κ3) is 5.63. The van der Waals surface area contributed by atoms with Gasteiger partial charge in [-0.15, -0.1) is 0 Å². The molecule has 0 aliphatic carbocycles. The van der Waals surface area contributed by atoms with Gasteiger partial charge in [-0.3, -0.25) is 0 Å². The number of aliphatic hydroxyl groups excluding tert-OH is 7. The summed E-state index contributed by atoms with van der Waals surface area (Å²) in [5.74, 6) is -2.03. The first-order valence-corrected chi connectivity index (χ1v) is 9.73. The molecule has 176 valence electrons. The Labute approximate surface area is 172 Å². The van der Waals surface area contributed by atoms with E-state index in [1.807, 2.05) is 0 Å². The Balaban J connectivity index is 0.000000782. The second-order valence-electron chi connectivity index (χ2n) is 7.48. The molecule has 0 saturated carbocycles. The molecule has 1 unspecified atom stereocenters. The van der Waals surface area contributed by atoms with Crippen LogP contribution in [0.25, 0.3) is 0 Å². The maximum atomic E-state index is 10.4. The van der Waals surface area contributed by atoms with Crippen LogP contribution in [0.15, 0.2) is 0 Å². The molecule has 4 fully saturated rings. The molecule has 4 aliphatic heterocycles. The molecule has 0 spiro atoms. The van der Waals surface area contributed by atoms with Gasteiger partial charge in [0.2, 0.25) is 5.79 Å². The smallest absolute Gasteiger partial charge is 0.224 e. The third-order valence-electron chi connectivity index (χ3n) is 5.06. The van der Waals surface area contributed by atoms with E-state index in [0.717, 1.165) is 13.2 Å². The number of aliphatic hydroxyl groups is 7. The summed E-state index contributed by atoms with van der Waals surface area (Å²) in [7, 11) is 0. The van der Waals surface area contributed by atoms with Crippen molar-refractivity contribution in [2.45, 2.75) is 60.9 Å². The van der Waals surface area contributed by atoms with E-state index < -0.39 is 74.6 Å². The number of hydrogen-bond donors (Lipinski definition) is 7. The normalized spacial score (nSPS) is 47.5.